The number of nitrogens with zero attached hydrogens (tertiary/aromatic N) is 2. The summed E-state index contributed by atoms with van der Waals surface area (Å²) in [5.74, 6) is 0.0760. The van der Waals surface area contributed by atoms with Crippen LogP contribution in [0.5, 0.6) is 0 Å². The molecule has 1 aliphatic rings. The van der Waals surface area contributed by atoms with Crippen LogP contribution in [0.25, 0.3) is 0 Å². The van der Waals surface area contributed by atoms with Gasteiger partial charge in [-0.15, -0.1) is 0 Å². The number of fused-ring (bicyclic) bond motifs is 1. The number of nitro groups is 1. The third-order valence-corrected chi connectivity index (χ3v) is 3.46. The minimum absolute atomic E-state index is 0.00284. The molecule has 0 saturated carbocycles. The van der Waals surface area contributed by atoms with E-state index in [2.05, 4.69) is 26.1 Å². The van der Waals surface area contributed by atoms with Crippen molar-refractivity contribution in [2.24, 2.45) is 0 Å². The molecule has 1 N–H and O–H groups in total. The van der Waals surface area contributed by atoms with Crippen LogP contribution in [0.1, 0.15) is 32.8 Å². The van der Waals surface area contributed by atoms with E-state index in [1.165, 1.54) is 6.07 Å². The van der Waals surface area contributed by atoms with E-state index >= 15 is 0 Å². The van der Waals surface area contributed by atoms with Gasteiger partial charge in [0.05, 0.1) is 4.92 Å². The second kappa shape index (κ2) is 5.81. The van der Waals surface area contributed by atoms with Crippen molar-refractivity contribution in [1.82, 2.24) is 5.32 Å². The molecule has 1 aromatic rings. The van der Waals surface area contributed by atoms with Gasteiger partial charge in [-0.3, -0.25) is 14.9 Å². The topological polar surface area (TPSA) is 75.5 Å². The van der Waals surface area contributed by atoms with Crippen molar-refractivity contribution < 1.29 is 9.72 Å². The fraction of sp³-hybridized carbons (Fsp3) is 0.533. The second-order valence-electron chi connectivity index (χ2n) is 6.29. The van der Waals surface area contributed by atoms with E-state index in [-0.39, 0.29) is 17.1 Å². The Kier molecular flexibility index (Phi) is 4.27. The van der Waals surface area contributed by atoms with Crippen LogP contribution in [0.2, 0.25) is 0 Å². The lowest BCUT2D eigenvalue weighted by atomic mass is 10.0. The lowest BCUT2D eigenvalue weighted by molar-refractivity contribution is -0.384. The van der Waals surface area contributed by atoms with E-state index in [0.717, 1.165) is 11.3 Å². The largest absolute Gasteiger partial charge is 0.311 e. The smallest absolute Gasteiger partial charge is 0.269 e. The molecule has 1 amide bonds. The van der Waals surface area contributed by atoms with Crippen molar-refractivity contribution in [3.05, 3.63) is 33.9 Å². The number of carbonyl (C=O) groups excluding carboxylic acids is 1. The average molecular weight is 291 g/mol. The fourth-order valence-corrected chi connectivity index (χ4v) is 2.45. The number of benzene rings is 1. The molecule has 0 unspecified atom stereocenters. The molecule has 0 bridgehead atoms. The summed E-state index contributed by atoms with van der Waals surface area (Å²) in [4.78, 5) is 24.2. The summed E-state index contributed by atoms with van der Waals surface area (Å²) in [5.41, 5.74) is 1.75. The van der Waals surface area contributed by atoms with E-state index in [9.17, 15) is 14.9 Å². The predicted octanol–water partition coefficient (Wildman–Crippen LogP) is 2.26. The Morgan fingerprint density at radius 3 is 2.67 bits per heavy atom. The van der Waals surface area contributed by atoms with Crippen LogP contribution >= 0.6 is 0 Å². The van der Waals surface area contributed by atoms with Crippen molar-refractivity contribution in [3.63, 3.8) is 0 Å². The number of rotatable bonds is 4. The molecule has 1 aromatic carbocycles. The molecule has 0 saturated heterocycles. The van der Waals surface area contributed by atoms with Crippen LogP contribution in [-0.4, -0.2) is 29.5 Å². The summed E-state index contributed by atoms with van der Waals surface area (Å²) < 4.78 is 0. The van der Waals surface area contributed by atoms with Gasteiger partial charge in [-0.2, -0.15) is 0 Å². The van der Waals surface area contributed by atoms with Crippen LogP contribution in [-0.2, 0) is 11.2 Å². The second-order valence-corrected chi connectivity index (χ2v) is 6.29. The summed E-state index contributed by atoms with van der Waals surface area (Å²) in [6.07, 6.45) is 0.975. The molecule has 1 aliphatic heterocycles. The SMILES string of the molecule is CC(C)(C)NCCN1C(=O)CCc2cc([N+](=O)[O-])ccc21. The van der Waals surface area contributed by atoms with Crippen LogP contribution in [0.4, 0.5) is 11.4 Å². The first-order valence-electron chi connectivity index (χ1n) is 7.11. The molecular formula is C15H21N3O3. The van der Waals surface area contributed by atoms with E-state index < -0.39 is 4.92 Å². The Morgan fingerprint density at radius 2 is 2.05 bits per heavy atom. The predicted molar refractivity (Wildman–Crippen MR) is 81.5 cm³/mol. The minimum atomic E-state index is -0.401. The highest BCUT2D eigenvalue weighted by Gasteiger charge is 2.25. The zero-order chi connectivity index (χ0) is 15.6. The molecule has 0 spiro atoms. The highest BCUT2D eigenvalue weighted by atomic mass is 16.6. The third-order valence-electron chi connectivity index (χ3n) is 3.46. The zero-order valence-electron chi connectivity index (χ0n) is 12.7. The van der Waals surface area contributed by atoms with Crippen molar-refractivity contribution in [3.8, 4) is 0 Å². The standard InChI is InChI=1S/C15H21N3O3/c1-15(2,3)16-8-9-17-13-6-5-12(18(20)21)10-11(13)4-7-14(17)19/h5-6,10,16H,4,7-9H2,1-3H3. The number of amides is 1. The van der Waals surface area contributed by atoms with Crippen molar-refractivity contribution in [2.45, 2.75) is 39.2 Å². The van der Waals surface area contributed by atoms with Gasteiger partial charge in [0, 0.05) is 42.9 Å². The maximum absolute atomic E-state index is 12.1. The quantitative estimate of drug-likeness (QED) is 0.682. The average Bonchev–Trinajstić information content (AvgIpc) is 2.39. The van der Waals surface area contributed by atoms with E-state index in [1.807, 2.05) is 0 Å². The van der Waals surface area contributed by atoms with Crippen molar-refractivity contribution in [2.75, 3.05) is 18.0 Å². The molecule has 0 aromatic heterocycles. The first-order valence-corrected chi connectivity index (χ1v) is 7.11. The summed E-state index contributed by atoms with van der Waals surface area (Å²) in [7, 11) is 0. The van der Waals surface area contributed by atoms with Crippen LogP contribution < -0.4 is 10.2 Å². The Hall–Kier alpha value is -1.95. The molecule has 6 heteroatoms. The zero-order valence-corrected chi connectivity index (χ0v) is 12.7. The summed E-state index contributed by atoms with van der Waals surface area (Å²) >= 11 is 0. The maximum atomic E-state index is 12.1. The summed E-state index contributed by atoms with van der Waals surface area (Å²) in [6, 6.07) is 4.72. The van der Waals surface area contributed by atoms with Gasteiger partial charge in [-0.1, -0.05) is 0 Å². The van der Waals surface area contributed by atoms with Gasteiger partial charge in [0.1, 0.15) is 0 Å². The molecule has 0 radical (unpaired) electrons. The summed E-state index contributed by atoms with van der Waals surface area (Å²) in [6.45, 7) is 7.47. The molecule has 114 valence electrons. The van der Waals surface area contributed by atoms with E-state index in [1.54, 1.807) is 17.0 Å². The lowest BCUT2D eigenvalue weighted by Gasteiger charge is -2.30. The first kappa shape index (κ1) is 15.4. The lowest BCUT2D eigenvalue weighted by Crippen LogP contribution is -2.44. The van der Waals surface area contributed by atoms with Gasteiger partial charge in [0.25, 0.3) is 5.69 Å². The van der Waals surface area contributed by atoms with E-state index in [4.69, 9.17) is 0 Å². The number of anilines is 1. The monoisotopic (exact) mass is 291 g/mol. The minimum Gasteiger partial charge on any atom is -0.311 e. The molecule has 0 aliphatic carbocycles. The fourth-order valence-electron chi connectivity index (χ4n) is 2.45. The molecule has 0 fully saturated rings. The van der Waals surface area contributed by atoms with Crippen LogP contribution in [0, 0.1) is 10.1 Å². The first-order chi connectivity index (χ1) is 9.78. The maximum Gasteiger partial charge on any atom is 0.269 e. The molecule has 2 rings (SSSR count). The van der Waals surface area contributed by atoms with Gasteiger partial charge in [0.2, 0.25) is 5.91 Å². The van der Waals surface area contributed by atoms with Gasteiger partial charge < -0.3 is 10.2 Å². The third kappa shape index (κ3) is 3.78. The number of aryl methyl sites for hydroxylation is 1. The highest BCUT2D eigenvalue weighted by Crippen LogP contribution is 2.30. The van der Waals surface area contributed by atoms with Gasteiger partial charge in [-0.25, -0.2) is 0 Å². The number of hydrogen-bond donors (Lipinski definition) is 1. The molecule has 1 heterocycles. The summed E-state index contributed by atoms with van der Waals surface area (Å²) in [5, 5.41) is 14.2. The van der Waals surface area contributed by atoms with Crippen molar-refractivity contribution in [1.29, 1.82) is 0 Å². The Bertz CT molecular complexity index is 564. The molecule has 0 atom stereocenters. The molecular weight excluding hydrogens is 270 g/mol. The number of non-ortho nitro benzene ring substituents is 1. The van der Waals surface area contributed by atoms with Gasteiger partial charge in [-0.05, 0) is 38.8 Å². The molecule has 6 nitrogen and oxygen atoms in total. The Labute approximate surface area is 124 Å². The number of nitrogens with one attached hydrogen (secondary N) is 1. The van der Waals surface area contributed by atoms with Gasteiger partial charge >= 0.3 is 0 Å². The van der Waals surface area contributed by atoms with Crippen LogP contribution in [0.3, 0.4) is 0 Å². The Morgan fingerprint density at radius 1 is 1.33 bits per heavy atom. The normalized spacial score (nSPS) is 15.0. The molecule has 21 heavy (non-hydrogen) atoms. The van der Waals surface area contributed by atoms with Crippen molar-refractivity contribution >= 4 is 17.3 Å². The van der Waals surface area contributed by atoms with E-state index in [0.29, 0.717) is 25.9 Å². The number of nitro benzene ring substituents is 1. The number of carbonyl (C=O) groups is 1. The highest BCUT2D eigenvalue weighted by molar-refractivity contribution is 5.96. The van der Waals surface area contributed by atoms with Gasteiger partial charge in [0.15, 0.2) is 0 Å². The van der Waals surface area contributed by atoms with Crippen LogP contribution in [0.15, 0.2) is 18.2 Å². The Balaban J connectivity index is 2.16. The number of hydrogen-bond acceptors (Lipinski definition) is 4.